The smallest absolute Gasteiger partial charge is 0.255 e. The summed E-state index contributed by atoms with van der Waals surface area (Å²) in [6.45, 7) is 1.12. The molecular formula is C11H16F2N2O2. The Kier molecular flexibility index (Phi) is 3.31. The molecule has 0 aromatic rings. The number of amides is 2. The van der Waals surface area contributed by atoms with Gasteiger partial charge in [-0.25, -0.2) is 8.78 Å². The maximum Gasteiger partial charge on any atom is 0.255 e. The van der Waals surface area contributed by atoms with Gasteiger partial charge in [-0.05, 0) is 25.2 Å². The lowest BCUT2D eigenvalue weighted by Crippen LogP contribution is -2.64. The molecule has 1 aliphatic carbocycles. The maximum atomic E-state index is 12.5. The van der Waals surface area contributed by atoms with Crippen LogP contribution in [0, 0.1) is 5.92 Å². The molecule has 1 aliphatic heterocycles. The molecule has 1 saturated carbocycles. The van der Waals surface area contributed by atoms with Gasteiger partial charge in [0.15, 0.2) is 0 Å². The van der Waals surface area contributed by atoms with Gasteiger partial charge in [-0.1, -0.05) is 6.92 Å². The molecule has 2 unspecified atom stereocenters. The fourth-order valence-corrected chi connectivity index (χ4v) is 2.31. The molecule has 0 bridgehead atoms. The van der Waals surface area contributed by atoms with Crippen LogP contribution in [0.4, 0.5) is 8.78 Å². The Bertz CT molecular complexity index is 331. The Morgan fingerprint density at radius 3 is 2.53 bits per heavy atom. The lowest BCUT2D eigenvalue weighted by Gasteiger charge is -2.38. The zero-order valence-corrected chi connectivity index (χ0v) is 9.66. The van der Waals surface area contributed by atoms with Crippen molar-refractivity contribution in [1.29, 1.82) is 0 Å². The van der Waals surface area contributed by atoms with Gasteiger partial charge in [-0.3, -0.25) is 9.59 Å². The number of alkyl halides is 2. The molecule has 0 radical (unpaired) electrons. The van der Waals surface area contributed by atoms with E-state index in [-0.39, 0.29) is 17.7 Å². The quantitative estimate of drug-likeness (QED) is 0.796. The van der Waals surface area contributed by atoms with Crippen molar-refractivity contribution in [2.75, 3.05) is 6.54 Å². The van der Waals surface area contributed by atoms with Crippen molar-refractivity contribution in [2.24, 2.45) is 5.92 Å². The standard InChI is InChI=1S/C11H16F2N2O2/c1-2-7-11(17)15(5-8(12)13)9(6-3-4-6)10(16)14-7/h6-9H,2-5H2,1H3,(H,14,16). The first-order chi connectivity index (χ1) is 8.04. The number of hydrogen-bond donors (Lipinski definition) is 1. The Morgan fingerprint density at radius 1 is 1.41 bits per heavy atom. The number of piperazine rings is 1. The van der Waals surface area contributed by atoms with E-state index in [4.69, 9.17) is 0 Å². The van der Waals surface area contributed by atoms with E-state index in [1.165, 1.54) is 0 Å². The number of carbonyl (C=O) groups excluding carboxylic acids is 2. The summed E-state index contributed by atoms with van der Waals surface area (Å²) in [5.41, 5.74) is 0. The second-order valence-electron chi connectivity index (χ2n) is 4.63. The number of rotatable bonds is 4. The van der Waals surface area contributed by atoms with E-state index >= 15 is 0 Å². The molecule has 96 valence electrons. The van der Waals surface area contributed by atoms with Crippen LogP contribution in [0.5, 0.6) is 0 Å². The summed E-state index contributed by atoms with van der Waals surface area (Å²) < 4.78 is 25.0. The highest BCUT2D eigenvalue weighted by Crippen LogP contribution is 2.37. The van der Waals surface area contributed by atoms with Crippen LogP contribution in [0.2, 0.25) is 0 Å². The van der Waals surface area contributed by atoms with Gasteiger partial charge >= 0.3 is 0 Å². The molecule has 6 heteroatoms. The molecule has 2 atom stereocenters. The first-order valence-electron chi connectivity index (χ1n) is 5.93. The molecule has 2 amide bonds. The van der Waals surface area contributed by atoms with E-state index in [1.54, 1.807) is 6.92 Å². The fraction of sp³-hybridized carbons (Fsp3) is 0.818. The lowest BCUT2D eigenvalue weighted by atomic mass is 10.0. The van der Waals surface area contributed by atoms with Crippen molar-refractivity contribution in [2.45, 2.75) is 44.7 Å². The third-order valence-electron chi connectivity index (χ3n) is 3.31. The van der Waals surface area contributed by atoms with Gasteiger partial charge in [0, 0.05) is 0 Å². The summed E-state index contributed by atoms with van der Waals surface area (Å²) >= 11 is 0. The van der Waals surface area contributed by atoms with E-state index in [2.05, 4.69) is 5.32 Å². The highest BCUT2D eigenvalue weighted by Gasteiger charge is 2.47. The average Bonchev–Trinajstić information content (AvgIpc) is 3.06. The first kappa shape index (κ1) is 12.3. The van der Waals surface area contributed by atoms with Crippen molar-refractivity contribution in [1.82, 2.24) is 10.2 Å². The number of carbonyl (C=O) groups is 2. The number of hydrogen-bond acceptors (Lipinski definition) is 2. The minimum absolute atomic E-state index is 0.0653. The van der Waals surface area contributed by atoms with Gasteiger partial charge in [0.1, 0.15) is 12.1 Å². The van der Waals surface area contributed by atoms with Crippen LogP contribution in [0.25, 0.3) is 0 Å². The molecular weight excluding hydrogens is 230 g/mol. The van der Waals surface area contributed by atoms with E-state index < -0.39 is 25.1 Å². The molecule has 1 saturated heterocycles. The summed E-state index contributed by atoms with van der Waals surface area (Å²) in [6, 6.07) is -1.32. The Morgan fingerprint density at radius 2 is 2.06 bits per heavy atom. The van der Waals surface area contributed by atoms with E-state index in [0.717, 1.165) is 17.7 Å². The second kappa shape index (κ2) is 4.58. The summed E-state index contributed by atoms with van der Waals surface area (Å²) in [7, 11) is 0. The van der Waals surface area contributed by atoms with Crippen molar-refractivity contribution in [3.63, 3.8) is 0 Å². The van der Waals surface area contributed by atoms with Gasteiger partial charge < -0.3 is 10.2 Å². The zero-order valence-electron chi connectivity index (χ0n) is 9.66. The van der Waals surface area contributed by atoms with Crippen LogP contribution in [0.3, 0.4) is 0 Å². The van der Waals surface area contributed by atoms with Gasteiger partial charge in [0.05, 0.1) is 6.54 Å². The summed E-state index contributed by atoms with van der Waals surface area (Å²) in [4.78, 5) is 24.9. The van der Waals surface area contributed by atoms with Crippen LogP contribution in [0.1, 0.15) is 26.2 Å². The molecule has 2 aliphatic rings. The van der Waals surface area contributed by atoms with Crippen LogP contribution in [-0.2, 0) is 9.59 Å². The predicted molar refractivity (Wildman–Crippen MR) is 56.5 cm³/mol. The van der Waals surface area contributed by atoms with Crippen LogP contribution in [-0.4, -0.2) is 41.8 Å². The molecule has 1 N–H and O–H groups in total. The fourth-order valence-electron chi connectivity index (χ4n) is 2.31. The Labute approximate surface area is 98.3 Å². The molecule has 17 heavy (non-hydrogen) atoms. The molecule has 2 fully saturated rings. The molecule has 1 heterocycles. The molecule has 2 rings (SSSR count). The predicted octanol–water partition coefficient (Wildman–Crippen LogP) is 0.767. The van der Waals surface area contributed by atoms with Gasteiger partial charge in [0.25, 0.3) is 6.43 Å². The SMILES string of the molecule is CCC1NC(=O)C(C2CC2)N(CC(F)F)C1=O. The third kappa shape index (κ3) is 2.40. The lowest BCUT2D eigenvalue weighted by molar-refractivity contribution is -0.152. The van der Waals surface area contributed by atoms with Crippen LogP contribution >= 0.6 is 0 Å². The Hall–Kier alpha value is -1.20. The highest BCUT2D eigenvalue weighted by atomic mass is 19.3. The van der Waals surface area contributed by atoms with E-state index in [9.17, 15) is 18.4 Å². The number of nitrogens with one attached hydrogen (secondary N) is 1. The van der Waals surface area contributed by atoms with Crippen molar-refractivity contribution < 1.29 is 18.4 Å². The molecule has 0 aromatic heterocycles. The molecule has 4 nitrogen and oxygen atoms in total. The Balaban J connectivity index is 2.18. The normalized spacial score (nSPS) is 29.8. The topological polar surface area (TPSA) is 49.4 Å². The van der Waals surface area contributed by atoms with Crippen LogP contribution in [0.15, 0.2) is 0 Å². The van der Waals surface area contributed by atoms with E-state index in [0.29, 0.717) is 6.42 Å². The van der Waals surface area contributed by atoms with Gasteiger partial charge in [0.2, 0.25) is 11.8 Å². The summed E-state index contributed by atoms with van der Waals surface area (Å²) in [5, 5.41) is 2.62. The average molecular weight is 246 g/mol. The highest BCUT2D eigenvalue weighted by molar-refractivity contribution is 5.97. The first-order valence-corrected chi connectivity index (χ1v) is 5.93. The van der Waals surface area contributed by atoms with Gasteiger partial charge in [-0.15, -0.1) is 0 Å². The van der Waals surface area contributed by atoms with Crippen molar-refractivity contribution >= 4 is 11.8 Å². The van der Waals surface area contributed by atoms with Crippen molar-refractivity contribution in [3.05, 3.63) is 0 Å². The maximum absolute atomic E-state index is 12.5. The van der Waals surface area contributed by atoms with Crippen molar-refractivity contribution in [3.8, 4) is 0 Å². The number of halogens is 2. The minimum atomic E-state index is -2.59. The summed E-state index contributed by atoms with van der Waals surface area (Å²) in [5.74, 6) is -0.584. The van der Waals surface area contributed by atoms with Gasteiger partial charge in [-0.2, -0.15) is 0 Å². The van der Waals surface area contributed by atoms with E-state index in [1.807, 2.05) is 0 Å². The minimum Gasteiger partial charge on any atom is -0.343 e. The zero-order chi connectivity index (χ0) is 12.6. The second-order valence-corrected chi connectivity index (χ2v) is 4.63. The molecule has 0 aromatic carbocycles. The molecule has 0 spiro atoms. The number of nitrogens with zero attached hydrogens (tertiary/aromatic N) is 1. The largest absolute Gasteiger partial charge is 0.343 e. The monoisotopic (exact) mass is 246 g/mol. The third-order valence-corrected chi connectivity index (χ3v) is 3.31. The summed E-state index contributed by atoms with van der Waals surface area (Å²) in [6.07, 6.45) is -0.491. The van der Waals surface area contributed by atoms with Crippen LogP contribution < -0.4 is 5.32 Å².